The number of allylic oxidation sites excluding steroid dienone is 2. The number of rotatable bonds is 3. The quantitative estimate of drug-likeness (QED) is 0.571. The van der Waals surface area contributed by atoms with Crippen LogP contribution in [0, 0.1) is 17.8 Å². The molecule has 0 heteroatoms. The molecule has 2 saturated carbocycles. The molecule has 0 heterocycles. The van der Waals surface area contributed by atoms with E-state index in [0.717, 1.165) is 24.2 Å². The zero-order valence-corrected chi connectivity index (χ0v) is 8.47. The van der Waals surface area contributed by atoms with E-state index in [0.29, 0.717) is 0 Å². The highest BCUT2D eigenvalue weighted by Gasteiger charge is 2.39. The Morgan fingerprint density at radius 3 is 2.85 bits per heavy atom. The van der Waals surface area contributed by atoms with Crippen molar-refractivity contribution in [2.45, 2.75) is 38.5 Å². The third kappa shape index (κ3) is 1.59. The zero-order valence-electron chi connectivity index (χ0n) is 8.47. The Kier molecular flexibility index (Phi) is 2.57. The zero-order chi connectivity index (χ0) is 9.26. The predicted molar refractivity (Wildman–Crippen MR) is 57.5 cm³/mol. The molecule has 2 aliphatic carbocycles. The Labute approximate surface area is 81.7 Å². The SMILES string of the molecule is C=CCC(=C)C1CCC2CCCC21. The van der Waals surface area contributed by atoms with Gasteiger partial charge in [0.15, 0.2) is 0 Å². The monoisotopic (exact) mass is 176 g/mol. The number of hydrogen-bond donors (Lipinski definition) is 0. The highest BCUT2D eigenvalue weighted by Crippen LogP contribution is 2.50. The maximum Gasteiger partial charge on any atom is -0.0141 e. The van der Waals surface area contributed by atoms with E-state index in [1.54, 1.807) is 0 Å². The third-order valence-corrected chi connectivity index (χ3v) is 4.01. The minimum atomic E-state index is 0.838. The van der Waals surface area contributed by atoms with Crippen LogP contribution >= 0.6 is 0 Å². The fourth-order valence-electron chi connectivity index (χ4n) is 3.41. The van der Waals surface area contributed by atoms with Crippen molar-refractivity contribution >= 4 is 0 Å². The van der Waals surface area contributed by atoms with Crippen LogP contribution in [-0.2, 0) is 0 Å². The molecule has 0 aromatic rings. The number of hydrogen-bond acceptors (Lipinski definition) is 0. The van der Waals surface area contributed by atoms with Gasteiger partial charge in [-0.3, -0.25) is 0 Å². The van der Waals surface area contributed by atoms with Gasteiger partial charge >= 0.3 is 0 Å². The van der Waals surface area contributed by atoms with Crippen LogP contribution < -0.4 is 0 Å². The van der Waals surface area contributed by atoms with Crippen molar-refractivity contribution in [3.8, 4) is 0 Å². The first kappa shape index (κ1) is 9.05. The van der Waals surface area contributed by atoms with E-state index in [2.05, 4.69) is 13.2 Å². The molecule has 72 valence electrons. The Morgan fingerprint density at radius 2 is 2.08 bits per heavy atom. The molecular formula is C13H20. The lowest BCUT2D eigenvalue weighted by molar-refractivity contribution is 0.389. The summed E-state index contributed by atoms with van der Waals surface area (Å²) in [6, 6.07) is 0. The standard InChI is InChI=1S/C13H20/c1-3-5-10(2)12-9-8-11-6-4-7-13(11)12/h3,11-13H,1-2,4-9H2. The summed E-state index contributed by atoms with van der Waals surface area (Å²) in [5.74, 6) is 2.88. The summed E-state index contributed by atoms with van der Waals surface area (Å²) in [4.78, 5) is 0. The molecule has 0 radical (unpaired) electrons. The van der Waals surface area contributed by atoms with Crippen molar-refractivity contribution in [1.82, 2.24) is 0 Å². The summed E-state index contributed by atoms with van der Waals surface area (Å²) >= 11 is 0. The topological polar surface area (TPSA) is 0 Å². The van der Waals surface area contributed by atoms with Gasteiger partial charge in [-0.25, -0.2) is 0 Å². The van der Waals surface area contributed by atoms with Crippen LogP contribution in [0.2, 0.25) is 0 Å². The Bertz CT molecular complexity index is 214. The molecule has 2 rings (SSSR count). The molecular weight excluding hydrogens is 156 g/mol. The van der Waals surface area contributed by atoms with Crippen molar-refractivity contribution < 1.29 is 0 Å². The van der Waals surface area contributed by atoms with Crippen LogP contribution in [0.1, 0.15) is 38.5 Å². The molecule has 13 heavy (non-hydrogen) atoms. The van der Waals surface area contributed by atoms with Gasteiger partial charge in [0.1, 0.15) is 0 Å². The first-order valence-corrected chi connectivity index (χ1v) is 5.61. The van der Waals surface area contributed by atoms with Gasteiger partial charge in [-0.2, -0.15) is 0 Å². The van der Waals surface area contributed by atoms with Crippen LogP contribution in [-0.4, -0.2) is 0 Å². The molecule has 0 spiro atoms. The second-order valence-corrected chi connectivity index (χ2v) is 4.69. The molecule has 0 saturated heterocycles. The molecule has 3 atom stereocenters. The van der Waals surface area contributed by atoms with E-state index in [1.807, 2.05) is 6.08 Å². The van der Waals surface area contributed by atoms with Crippen molar-refractivity contribution in [3.05, 3.63) is 24.8 Å². The maximum absolute atomic E-state index is 4.22. The van der Waals surface area contributed by atoms with E-state index in [4.69, 9.17) is 0 Å². The van der Waals surface area contributed by atoms with E-state index in [9.17, 15) is 0 Å². The Balaban J connectivity index is 2.00. The van der Waals surface area contributed by atoms with E-state index >= 15 is 0 Å². The van der Waals surface area contributed by atoms with Crippen molar-refractivity contribution in [2.75, 3.05) is 0 Å². The molecule has 2 fully saturated rings. The molecule has 0 nitrogen and oxygen atoms in total. The maximum atomic E-state index is 4.22. The van der Waals surface area contributed by atoms with Crippen LogP contribution in [0.4, 0.5) is 0 Å². The summed E-state index contributed by atoms with van der Waals surface area (Å²) in [5.41, 5.74) is 1.45. The van der Waals surface area contributed by atoms with Crippen molar-refractivity contribution in [2.24, 2.45) is 17.8 Å². The summed E-state index contributed by atoms with van der Waals surface area (Å²) in [7, 11) is 0. The van der Waals surface area contributed by atoms with Gasteiger partial charge in [0, 0.05) is 0 Å². The first-order chi connectivity index (χ1) is 6.33. The Hall–Kier alpha value is -0.520. The van der Waals surface area contributed by atoms with Gasteiger partial charge < -0.3 is 0 Å². The highest BCUT2D eigenvalue weighted by molar-refractivity contribution is 5.11. The minimum Gasteiger partial charge on any atom is -0.103 e. The van der Waals surface area contributed by atoms with Gasteiger partial charge in [0.2, 0.25) is 0 Å². The van der Waals surface area contributed by atoms with Gasteiger partial charge in [-0.05, 0) is 43.4 Å². The molecule has 0 amide bonds. The number of fused-ring (bicyclic) bond motifs is 1. The van der Waals surface area contributed by atoms with Crippen molar-refractivity contribution in [1.29, 1.82) is 0 Å². The van der Waals surface area contributed by atoms with Gasteiger partial charge in [-0.15, -0.1) is 6.58 Å². The predicted octanol–water partition coefficient (Wildman–Crippen LogP) is 3.95. The lowest BCUT2D eigenvalue weighted by atomic mass is 9.85. The summed E-state index contributed by atoms with van der Waals surface area (Å²) in [5, 5.41) is 0. The lowest BCUT2D eigenvalue weighted by Crippen LogP contribution is -2.10. The van der Waals surface area contributed by atoms with Crippen LogP contribution in [0.5, 0.6) is 0 Å². The molecule has 0 aromatic carbocycles. The fraction of sp³-hybridized carbons (Fsp3) is 0.692. The average molecular weight is 176 g/mol. The van der Waals surface area contributed by atoms with Gasteiger partial charge in [0.05, 0.1) is 0 Å². The summed E-state index contributed by atoms with van der Waals surface area (Å²) < 4.78 is 0. The van der Waals surface area contributed by atoms with Gasteiger partial charge in [0.25, 0.3) is 0 Å². The van der Waals surface area contributed by atoms with Crippen LogP contribution in [0.25, 0.3) is 0 Å². The largest absolute Gasteiger partial charge is 0.103 e. The first-order valence-electron chi connectivity index (χ1n) is 5.61. The van der Waals surface area contributed by atoms with E-state index in [-0.39, 0.29) is 0 Å². The molecule has 0 bridgehead atoms. The fourth-order valence-corrected chi connectivity index (χ4v) is 3.41. The van der Waals surface area contributed by atoms with E-state index in [1.165, 1.54) is 37.7 Å². The molecule has 0 aromatic heterocycles. The van der Waals surface area contributed by atoms with Crippen LogP contribution in [0.15, 0.2) is 24.8 Å². The molecule has 0 aliphatic heterocycles. The molecule has 0 N–H and O–H groups in total. The smallest absolute Gasteiger partial charge is 0.0141 e. The lowest BCUT2D eigenvalue weighted by Gasteiger charge is -2.20. The Morgan fingerprint density at radius 1 is 1.23 bits per heavy atom. The second kappa shape index (κ2) is 3.69. The average Bonchev–Trinajstić information content (AvgIpc) is 2.62. The third-order valence-electron chi connectivity index (χ3n) is 4.01. The van der Waals surface area contributed by atoms with Crippen LogP contribution in [0.3, 0.4) is 0 Å². The highest BCUT2D eigenvalue weighted by atomic mass is 14.4. The normalized spacial score (nSPS) is 37.4. The summed E-state index contributed by atoms with van der Waals surface area (Å²) in [6.07, 6.45) is 10.3. The second-order valence-electron chi connectivity index (χ2n) is 4.69. The van der Waals surface area contributed by atoms with E-state index < -0.39 is 0 Å². The minimum absolute atomic E-state index is 0.838. The van der Waals surface area contributed by atoms with Crippen molar-refractivity contribution in [3.63, 3.8) is 0 Å². The molecule has 3 unspecified atom stereocenters. The van der Waals surface area contributed by atoms with Gasteiger partial charge in [-0.1, -0.05) is 31.1 Å². The summed E-state index contributed by atoms with van der Waals surface area (Å²) in [6.45, 7) is 8.01. The molecule has 2 aliphatic rings.